The van der Waals surface area contributed by atoms with Gasteiger partial charge in [0.15, 0.2) is 0 Å². The fourth-order valence-corrected chi connectivity index (χ4v) is 3.21. The van der Waals surface area contributed by atoms with Crippen LogP contribution in [0, 0.1) is 0 Å². The smallest absolute Gasteiger partial charge is 0.0320 e. The maximum atomic E-state index is 6.10. The summed E-state index contributed by atoms with van der Waals surface area (Å²) in [4.78, 5) is 0. The molecule has 0 aliphatic heterocycles. The van der Waals surface area contributed by atoms with Crippen LogP contribution in [0.15, 0.2) is 97.1 Å². The predicted octanol–water partition coefficient (Wildman–Crippen LogP) is 5.85. The van der Waals surface area contributed by atoms with Crippen LogP contribution in [0.2, 0.25) is 0 Å². The molecule has 0 aromatic heterocycles. The maximum absolute atomic E-state index is 6.10. The number of nitrogen functional groups attached to an aromatic ring is 2. The molecule has 0 radical (unpaired) electrons. The van der Waals surface area contributed by atoms with E-state index in [-0.39, 0.29) is 0 Å². The second kappa shape index (κ2) is 6.77. The standard InChI is InChI=1S/C24H20N2/c25-21-11-9-18(10-12-21)23-14-13-22(26)16-24(23)20-8-4-7-19(15-20)17-5-2-1-3-6-17/h1-16H,25-26H2. The normalized spacial score (nSPS) is 10.6. The SMILES string of the molecule is Nc1ccc(-c2ccc(N)cc2-c2cccc(-c3ccccc3)c2)cc1. The van der Waals surface area contributed by atoms with Crippen LogP contribution < -0.4 is 11.5 Å². The molecule has 2 nitrogen and oxygen atoms in total. The Morgan fingerprint density at radius 1 is 0.385 bits per heavy atom. The monoisotopic (exact) mass is 336 g/mol. The van der Waals surface area contributed by atoms with Gasteiger partial charge < -0.3 is 11.5 Å². The van der Waals surface area contributed by atoms with Crippen LogP contribution in [0.3, 0.4) is 0 Å². The van der Waals surface area contributed by atoms with Crippen LogP contribution >= 0.6 is 0 Å². The highest BCUT2D eigenvalue weighted by molar-refractivity contribution is 5.87. The van der Waals surface area contributed by atoms with Crippen LogP contribution in [0.5, 0.6) is 0 Å². The van der Waals surface area contributed by atoms with E-state index in [0.29, 0.717) is 0 Å². The van der Waals surface area contributed by atoms with Gasteiger partial charge in [0.05, 0.1) is 0 Å². The summed E-state index contributed by atoms with van der Waals surface area (Å²) in [5.74, 6) is 0. The molecule has 126 valence electrons. The zero-order valence-corrected chi connectivity index (χ0v) is 14.4. The van der Waals surface area contributed by atoms with Gasteiger partial charge in [-0.25, -0.2) is 0 Å². The molecule has 0 saturated carbocycles. The van der Waals surface area contributed by atoms with Crippen LogP contribution in [-0.2, 0) is 0 Å². The number of hydrogen-bond acceptors (Lipinski definition) is 2. The molecule has 0 unspecified atom stereocenters. The van der Waals surface area contributed by atoms with Crippen LogP contribution in [0.4, 0.5) is 11.4 Å². The van der Waals surface area contributed by atoms with Crippen LogP contribution in [-0.4, -0.2) is 0 Å². The third kappa shape index (κ3) is 3.17. The molecule has 4 N–H and O–H groups in total. The van der Waals surface area contributed by atoms with E-state index >= 15 is 0 Å². The Balaban J connectivity index is 1.86. The van der Waals surface area contributed by atoms with Crippen molar-refractivity contribution in [1.82, 2.24) is 0 Å². The summed E-state index contributed by atoms with van der Waals surface area (Å²) in [5.41, 5.74) is 20.4. The molecule has 0 aliphatic carbocycles. The van der Waals surface area contributed by atoms with Gasteiger partial charge >= 0.3 is 0 Å². The highest BCUT2D eigenvalue weighted by atomic mass is 14.5. The van der Waals surface area contributed by atoms with E-state index in [0.717, 1.165) is 33.6 Å². The largest absolute Gasteiger partial charge is 0.399 e. The summed E-state index contributed by atoms with van der Waals surface area (Å²) in [7, 11) is 0. The third-order valence-corrected chi connectivity index (χ3v) is 4.55. The van der Waals surface area contributed by atoms with Gasteiger partial charge in [0.25, 0.3) is 0 Å². The predicted molar refractivity (Wildman–Crippen MR) is 112 cm³/mol. The van der Waals surface area contributed by atoms with Crippen molar-refractivity contribution in [3.63, 3.8) is 0 Å². The molecule has 0 amide bonds. The van der Waals surface area contributed by atoms with E-state index < -0.39 is 0 Å². The van der Waals surface area contributed by atoms with E-state index in [2.05, 4.69) is 54.6 Å². The Labute approximate surface area is 153 Å². The molecule has 0 bridgehead atoms. The van der Waals surface area contributed by atoms with Gasteiger partial charge in [-0.2, -0.15) is 0 Å². The summed E-state index contributed by atoms with van der Waals surface area (Å²) in [6, 6.07) is 33.0. The summed E-state index contributed by atoms with van der Waals surface area (Å²) < 4.78 is 0. The maximum Gasteiger partial charge on any atom is 0.0320 e. The zero-order valence-electron chi connectivity index (χ0n) is 14.4. The molecule has 4 aromatic carbocycles. The molecule has 0 fully saturated rings. The van der Waals surface area contributed by atoms with Crippen molar-refractivity contribution in [2.45, 2.75) is 0 Å². The molecular formula is C24H20N2. The van der Waals surface area contributed by atoms with Gasteiger partial charge in [0.2, 0.25) is 0 Å². The van der Waals surface area contributed by atoms with E-state index in [4.69, 9.17) is 11.5 Å². The topological polar surface area (TPSA) is 52.0 Å². The minimum atomic E-state index is 0.754. The summed E-state index contributed by atoms with van der Waals surface area (Å²) in [6.45, 7) is 0. The summed E-state index contributed by atoms with van der Waals surface area (Å²) in [6.07, 6.45) is 0. The van der Waals surface area contributed by atoms with Crippen molar-refractivity contribution >= 4 is 11.4 Å². The first kappa shape index (κ1) is 16.0. The first-order chi connectivity index (χ1) is 12.7. The number of anilines is 2. The molecule has 0 aliphatic rings. The fourth-order valence-electron chi connectivity index (χ4n) is 3.21. The molecule has 4 aromatic rings. The van der Waals surface area contributed by atoms with Gasteiger partial charge in [-0.3, -0.25) is 0 Å². The van der Waals surface area contributed by atoms with Gasteiger partial charge in [0, 0.05) is 11.4 Å². The van der Waals surface area contributed by atoms with Gasteiger partial charge in [0.1, 0.15) is 0 Å². The molecule has 0 spiro atoms. The Hall–Kier alpha value is -3.52. The van der Waals surface area contributed by atoms with Crippen LogP contribution in [0.1, 0.15) is 0 Å². The first-order valence-electron chi connectivity index (χ1n) is 8.62. The van der Waals surface area contributed by atoms with E-state index in [1.807, 2.05) is 42.5 Å². The lowest BCUT2D eigenvalue weighted by Crippen LogP contribution is -1.91. The molecule has 0 heterocycles. The van der Waals surface area contributed by atoms with E-state index in [1.165, 1.54) is 11.1 Å². The number of nitrogens with two attached hydrogens (primary N) is 2. The average molecular weight is 336 g/mol. The highest BCUT2D eigenvalue weighted by Crippen LogP contribution is 2.35. The lowest BCUT2D eigenvalue weighted by Gasteiger charge is -2.13. The Morgan fingerprint density at radius 3 is 1.81 bits per heavy atom. The average Bonchev–Trinajstić information content (AvgIpc) is 2.69. The second-order valence-corrected chi connectivity index (χ2v) is 6.37. The van der Waals surface area contributed by atoms with Crippen molar-refractivity contribution in [3.05, 3.63) is 97.1 Å². The van der Waals surface area contributed by atoms with Crippen LogP contribution in [0.25, 0.3) is 33.4 Å². The van der Waals surface area contributed by atoms with Crippen molar-refractivity contribution in [2.75, 3.05) is 11.5 Å². The Kier molecular flexibility index (Phi) is 4.16. The lowest BCUT2D eigenvalue weighted by molar-refractivity contribution is 1.56. The van der Waals surface area contributed by atoms with Crippen molar-refractivity contribution < 1.29 is 0 Å². The minimum Gasteiger partial charge on any atom is -0.399 e. The lowest BCUT2D eigenvalue weighted by atomic mass is 9.92. The highest BCUT2D eigenvalue weighted by Gasteiger charge is 2.09. The molecule has 0 atom stereocenters. The number of benzene rings is 4. The summed E-state index contributed by atoms with van der Waals surface area (Å²) >= 11 is 0. The third-order valence-electron chi connectivity index (χ3n) is 4.55. The van der Waals surface area contributed by atoms with Gasteiger partial charge in [-0.15, -0.1) is 0 Å². The van der Waals surface area contributed by atoms with Gasteiger partial charge in [-0.05, 0) is 63.7 Å². The zero-order chi connectivity index (χ0) is 17.9. The molecule has 2 heteroatoms. The minimum absolute atomic E-state index is 0.754. The molecule has 26 heavy (non-hydrogen) atoms. The number of hydrogen-bond donors (Lipinski definition) is 2. The Bertz CT molecular complexity index is 1040. The quantitative estimate of drug-likeness (QED) is 0.461. The first-order valence-corrected chi connectivity index (χ1v) is 8.62. The molecule has 0 saturated heterocycles. The molecule has 4 rings (SSSR count). The van der Waals surface area contributed by atoms with Crippen molar-refractivity contribution in [2.24, 2.45) is 0 Å². The van der Waals surface area contributed by atoms with Gasteiger partial charge in [-0.1, -0.05) is 66.7 Å². The van der Waals surface area contributed by atoms with Crippen molar-refractivity contribution in [1.29, 1.82) is 0 Å². The fraction of sp³-hybridized carbons (Fsp3) is 0. The van der Waals surface area contributed by atoms with E-state index in [1.54, 1.807) is 0 Å². The van der Waals surface area contributed by atoms with E-state index in [9.17, 15) is 0 Å². The number of rotatable bonds is 3. The summed E-state index contributed by atoms with van der Waals surface area (Å²) in [5, 5.41) is 0. The second-order valence-electron chi connectivity index (χ2n) is 6.37. The Morgan fingerprint density at radius 2 is 1.04 bits per heavy atom. The van der Waals surface area contributed by atoms with Crippen molar-refractivity contribution in [3.8, 4) is 33.4 Å². The molecular weight excluding hydrogens is 316 g/mol.